The van der Waals surface area contributed by atoms with Crippen molar-refractivity contribution in [1.82, 2.24) is 4.73 Å². The Balaban J connectivity index is 1.60. The maximum atomic E-state index is 13.4. The Labute approximate surface area is 187 Å². The zero-order chi connectivity index (χ0) is 23.1. The summed E-state index contributed by atoms with van der Waals surface area (Å²) >= 11 is 0. The van der Waals surface area contributed by atoms with E-state index >= 15 is 0 Å². The summed E-state index contributed by atoms with van der Waals surface area (Å²) in [6.45, 7) is 1.15. The lowest BCUT2D eigenvalue weighted by atomic mass is 9.86. The number of aliphatic imine (C=N–C) groups is 2. The summed E-state index contributed by atoms with van der Waals surface area (Å²) in [4.78, 5) is 45.3. The molecule has 0 aromatic rings. The number of hydrogen-bond acceptors (Lipinski definition) is 9. The largest absolute Gasteiger partial charge is 0.507 e. The number of esters is 2. The molecule has 0 aromatic heterocycles. The van der Waals surface area contributed by atoms with E-state index in [1.54, 1.807) is 12.2 Å². The van der Waals surface area contributed by atoms with Gasteiger partial charge < -0.3 is 19.8 Å². The Morgan fingerprint density at radius 1 is 0.909 bits per heavy atom. The van der Waals surface area contributed by atoms with Crippen molar-refractivity contribution >= 4 is 23.4 Å². The number of phenols is 1. The summed E-state index contributed by atoms with van der Waals surface area (Å²) in [7, 11) is 0. The molecule has 3 aliphatic heterocycles. The van der Waals surface area contributed by atoms with E-state index in [1.807, 2.05) is 0 Å². The number of carbonyl (C=O) groups is 2. The minimum absolute atomic E-state index is 0.0699. The van der Waals surface area contributed by atoms with Gasteiger partial charge in [-0.1, -0.05) is 0 Å². The van der Waals surface area contributed by atoms with Gasteiger partial charge in [0.15, 0.2) is 5.43 Å². The van der Waals surface area contributed by atoms with Gasteiger partial charge in [0.1, 0.15) is 5.75 Å². The van der Waals surface area contributed by atoms with Crippen LogP contribution in [0.4, 0.5) is 0 Å². The number of benzene rings is 1. The van der Waals surface area contributed by atoms with E-state index in [0.29, 0.717) is 18.0 Å². The van der Waals surface area contributed by atoms with Crippen LogP contribution in [0.5, 0.6) is 5.75 Å². The molecular weight excluding hydrogens is 430 g/mol. The van der Waals surface area contributed by atoms with Gasteiger partial charge in [0.2, 0.25) is 0 Å². The topological polar surface area (TPSA) is 140 Å². The van der Waals surface area contributed by atoms with Gasteiger partial charge in [0, 0.05) is 36.7 Å². The monoisotopic (exact) mass is 451 g/mol. The number of rotatable bonds is 4. The van der Waals surface area contributed by atoms with Gasteiger partial charge in [-0.15, -0.1) is 0 Å². The predicted octanol–water partition coefficient (Wildman–Crippen LogP) is 1.17. The van der Waals surface area contributed by atoms with Crippen LogP contribution in [-0.4, -0.2) is 64.7 Å². The van der Waals surface area contributed by atoms with Crippen molar-refractivity contribution < 1.29 is 29.4 Å². The van der Waals surface area contributed by atoms with Gasteiger partial charge in [-0.2, -0.15) is 0 Å². The minimum atomic E-state index is -0.407. The number of phenolic OH excluding ortho intramolecular Hbond substituents is 1. The third-order valence-electron chi connectivity index (χ3n) is 5.98. The Bertz CT molecular complexity index is 1270. The molecule has 33 heavy (non-hydrogen) atoms. The molecule has 5 aliphatic rings. The molecule has 0 saturated carbocycles. The van der Waals surface area contributed by atoms with Crippen LogP contribution in [0, 0.1) is 11.8 Å². The Morgan fingerprint density at radius 3 is 2.03 bits per heavy atom. The lowest BCUT2D eigenvalue weighted by molar-refractivity contribution is -0.138. The Kier molecular flexibility index (Phi) is 5.20. The highest BCUT2D eigenvalue weighted by Crippen LogP contribution is 2.36. The average Bonchev–Trinajstić information content (AvgIpc) is 3.41. The number of fused-ring (bicyclic) bond motifs is 2. The first kappa shape index (κ1) is 20.9. The van der Waals surface area contributed by atoms with Crippen molar-refractivity contribution in [3.05, 3.63) is 52.0 Å². The zero-order valence-electron chi connectivity index (χ0n) is 17.6. The maximum absolute atomic E-state index is 13.4. The van der Waals surface area contributed by atoms with Crippen LogP contribution in [-0.2, 0) is 19.1 Å². The molecule has 2 aliphatic carbocycles. The number of ether oxygens (including phenoxy) is 2. The fourth-order valence-corrected chi connectivity index (χ4v) is 4.27. The van der Waals surface area contributed by atoms with E-state index in [1.165, 1.54) is 18.5 Å². The molecular formula is C23H21N3O7. The standard InChI is InChI=1S/C23H21N3O7/c27-18-5-12(10-32-18)7-24-16-1-2-17(25-8-13-6-19(28)33-11-13)21-20(16)22(29)14-3-4-26(31)9-15(14)23(21)30/h1-4,9,12-13,29,31H,5-8,10-11H2. The average molecular weight is 451 g/mol. The van der Waals surface area contributed by atoms with E-state index in [0.717, 1.165) is 4.73 Å². The smallest absolute Gasteiger partial charge is 0.306 e. The summed E-state index contributed by atoms with van der Waals surface area (Å²) in [5.41, 5.74) is 1.20. The van der Waals surface area contributed by atoms with Crippen LogP contribution in [0.2, 0.25) is 0 Å². The van der Waals surface area contributed by atoms with Crippen LogP contribution < -0.4 is 5.43 Å². The van der Waals surface area contributed by atoms with Crippen molar-refractivity contribution in [3.8, 4) is 16.9 Å². The van der Waals surface area contributed by atoms with E-state index < -0.39 is 5.43 Å². The van der Waals surface area contributed by atoms with Gasteiger partial charge in [0.05, 0.1) is 60.4 Å². The quantitative estimate of drug-likeness (QED) is 0.525. The number of aromatic hydroxyl groups is 1. The molecule has 0 bridgehead atoms. The summed E-state index contributed by atoms with van der Waals surface area (Å²) < 4.78 is 10.7. The second kappa shape index (κ2) is 8.19. The first-order valence-electron chi connectivity index (χ1n) is 10.6. The molecule has 0 radical (unpaired) electrons. The second-order valence-corrected chi connectivity index (χ2v) is 8.37. The molecule has 170 valence electrons. The molecule has 10 heteroatoms. The third kappa shape index (κ3) is 3.88. The van der Waals surface area contributed by atoms with Crippen LogP contribution in [0.3, 0.4) is 0 Å². The third-order valence-corrected chi connectivity index (χ3v) is 5.98. The molecule has 0 aromatic carbocycles. The highest BCUT2D eigenvalue weighted by Gasteiger charge is 2.31. The number of pyridine rings is 1. The second-order valence-electron chi connectivity index (χ2n) is 8.37. The fourth-order valence-electron chi connectivity index (χ4n) is 4.27. The van der Waals surface area contributed by atoms with Crippen LogP contribution in [0.1, 0.15) is 24.0 Å². The molecule has 2 saturated heterocycles. The molecule has 2 fully saturated rings. The van der Waals surface area contributed by atoms with Crippen molar-refractivity contribution in [2.75, 3.05) is 26.3 Å². The van der Waals surface area contributed by atoms with Crippen LogP contribution >= 0.6 is 0 Å². The lowest BCUT2D eigenvalue weighted by Gasteiger charge is -2.21. The van der Waals surface area contributed by atoms with Crippen molar-refractivity contribution in [2.45, 2.75) is 12.8 Å². The molecule has 2 N–H and O–H groups in total. The summed E-state index contributed by atoms with van der Waals surface area (Å²) in [5.74, 6) is -0.838. The van der Waals surface area contributed by atoms with Crippen molar-refractivity contribution in [2.24, 2.45) is 21.8 Å². The number of carbonyl (C=O) groups excluding carboxylic acids is 2. The van der Waals surface area contributed by atoms with E-state index in [2.05, 4.69) is 9.98 Å². The van der Waals surface area contributed by atoms with E-state index in [-0.39, 0.29) is 84.4 Å². The summed E-state index contributed by atoms with van der Waals surface area (Å²) in [6, 6.07) is 1.45. The summed E-state index contributed by atoms with van der Waals surface area (Å²) in [5, 5.41) is 20.9. The normalized spacial score (nSPS) is 24.5. The lowest BCUT2D eigenvalue weighted by Crippen LogP contribution is -2.27. The number of allylic oxidation sites excluding steroid dienone is 2. The molecule has 0 spiro atoms. The molecule has 3 heterocycles. The molecule has 10 nitrogen and oxygen atoms in total. The molecule has 2 unspecified atom stereocenters. The predicted molar refractivity (Wildman–Crippen MR) is 116 cm³/mol. The highest BCUT2D eigenvalue weighted by atomic mass is 16.5. The van der Waals surface area contributed by atoms with Gasteiger partial charge in [-0.05, 0) is 18.2 Å². The van der Waals surface area contributed by atoms with E-state index in [4.69, 9.17) is 9.47 Å². The number of aromatic nitrogens is 1. The Hall–Kier alpha value is -3.95. The first-order chi connectivity index (χ1) is 15.9. The Morgan fingerprint density at radius 2 is 1.48 bits per heavy atom. The van der Waals surface area contributed by atoms with Gasteiger partial charge >= 0.3 is 11.9 Å². The van der Waals surface area contributed by atoms with Crippen molar-refractivity contribution in [1.29, 1.82) is 0 Å². The van der Waals surface area contributed by atoms with Crippen LogP contribution in [0.15, 0.2) is 45.4 Å². The fraction of sp³-hybridized carbons (Fsp3) is 0.348. The van der Waals surface area contributed by atoms with Crippen LogP contribution in [0.25, 0.3) is 11.1 Å². The zero-order valence-corrected chi connectivity index (χ0v) is 17.6. The van der Waals surface area contributed by atoms with Gasteiger partial charge in [-0.3, -0.25) is 24.4 Å². The summed E-state index contributed by atoms with van der Waals surface area (Å²) in [6.07, 6.45) is 6.41. The highest BCUT2D eigenvalue weighted by molar-refractivity contribution is 6.27. The number of cyclic esters (lactones) is 2. The molecule has 5 rings (SSSR count). The SMILES string of the molecule is O=C1CC(CN=C2C=CC(=NCC3COC(=O)C3)c3c2c(O)c2ccn(O)cc-2c3=O)CO1. The van der Waals surface area contributed by atoms with Crippen molar-refractivity contribution in [3.63, 3.8) is 0 Å². The molecule has 2 atom stereocenters. The number of nitrogens with zero attached hydrogens (tertiary/aromatic N) is 3. The first-order valence-corrected chi connectivity index (χ1v) is 10.6. The molecule has 0 amide bonds. The van der Waals surface area contributed by atoms with E-state index in [9.17, 15) is 24.7 Å². The van der Waals surface area contributed by atoms with Gasteiger partial charge in [0.25, 0.3) is 0 Å². The minimum Gasteiger partial charge on any atom is -0.507 e. The number of hydrogen-bond donors (Lipinski definition) is 2. The van der Waals surface area contributed by atoms with Gasteiger partial charge in [-0.25, -0.2) is 4.73 Å². The maximum Gasteiger partial charge on any atom is 0.306 e.